The number of anilines is 1. The van der Waals surface area contributed by atoms with Gasteiger partial charge in [-0.2, -0.15) is 0 Å². The zero-order valence-electron chi connectivity index (χ0n) is 7.18. The first-order valence-electron chi connectivity index (χ1n) is 3.78. The van der Waals surface area contributed by atoms with E-state index in [0.717, 1.165) is 23.8 Å². The number of rotatable bonds is 2. The van der Waals surface area contributed by atoms with Gasteiger partial charge in [0.1, 0.15) is 5.82 Å². The van der Waals surface area contributed by atoms with Crippen molar-refractivity contribution in [3.8, 4) is 0 Å². The maximum atomic E-state index is 4.22. The van der Waals surface area contributed by atoms with Crippen LogP contribution in [0.5, 0.6) is 0 Å². The van der Waals surface area contributed by atoms with Crippen LogP contribution in [0.3, 0.4) is 0 Å². The van der Waals surface area contributed by atoms with E-state index >= 15 is 0 Å². The number of hydrogen-bond acceptors (Lipinski definition) is 3. The molecule has 0 saturated heterocycles. The van der Waals surface area contributed by atoms with Crippen LogP contribution in [0.25, 0.3) is 0 Å². The summed E-state index contributed by atoms with van der Waals surface area (Å²) in [6, 6.07) is 0. The molecule has 1 aromatic rings. The van der Waals surface area contributed by atoms with Crippen LogP contribution in [0.2, 0.25) is 0 Å². The Morgan fingerprint density at radius 2 is 2.18 bits per heavy atom. The minimum absolute atomic E-state index is 0.823. The minimum Gasteiger partial charge on any atom is -0.383 e. The fourth-order valence-corrected chi connectivity index (χ4v) is 0.947. The van der Waals surface area contributed by atoms with Crippen LogP contribution in [0, 0.1) is 13.8 Å². The smallest absolute Gasteiger partial charge is 0.125 e. The van der Waals surface area contributed by atoms with Crippen LogP contribution < -0.4 is 5.32 Å². The number of aromatic nitrogens is 2. The van der Waals surface area contributed by atoms with Crippen molar-refractivity contribution in [2.24, 2.45) is 0 Å². The Bertz CT molecular complexity index is 245. The molecule has 3 nitrogen and oxygen atoms in total. The second kappa shape index (κ2) is 3.32. The summed E-state index contributed by atoms with van der Waals surface area (Å²) in [5.41, 5.74) is 2.04. The van der Waals surface area contributed by atoms with Gasteiger partial charge in [0.15, 0.2) is 0 Å². The van der Waals surface area contributed by atoms with Crippen LogP contribution in [0.4, 0.5) is 5.69 Å². The van der Waals surface area contributed by atoms with Crippen molar-refractivity contribution in [1.82, 2.24) is 9.97 Å². The molecule has 0 aliphatic carbocycles. The Kier molecular flexibility index (Phi) is 2.41. The fourth-order valence-electron chi connectivity index (χ4n) is 0.947. The van der Waals surface area contributed by atoms with Crippen LogP contribution in [-0.2, 0) is 0 Å². The van der Waals surface area contributed by atoms with Crippen LogP contribution in [0.1, 0.15) is 18.4 Å². The van der Waals surface area contributed by atoms with E-state index in [-0.39, 0.29) is 0 Å². The van der Waals surface area contributed by atoms with Crippen molar-refractivity contribution in [3.63, 3.8) is 0 Å². The Balaban J connectivity index is 2.90. The Labute approximate surface area is 66.9 Å². The number of aryl methyl sites for hydroxylation is 2. The third-order valence-electron chi connectivity index (χ3n) is 1.47. The fraction of sp³-hybridized carbons (Fsp3) is 0.500. The van der Waals surface area contributed by atoms with Gasteiger partial charge in [-0.05, 0) is 20.8 Å². The number of nitrogens with zero attached hydrogens (tertiary/aromatic N) is 2. The first-order chi connectivity index (χ1) is 5.24. The van der Waals surface area contributed by atoms with Gasteiger partial charge in [0, 0.05) is 6.54 Å². The Hall–Kier alpha value is -1.12. The summed E-state index contributed by atoms with van der Waals surface area (Å²) in [6.07, 6.45) is 1.82. The largest absolute Gasteiger partial charge is 0.383 e. The molecule has 0 atom stereocenters. The van der Waals surface area contributed by atoms with E-state index < -0.39 is 0 Å². The normalized spacial score (nSPS) is 9.73. The third kappa shape index (κ3) is 1.90. The second-order valence-corrected chi connectivity index (χ2v) is 2.45. The van der Waals surface area contributed by atoms with Gasteiger partial charge in [0.05, 0.1) is 17.6 Å². The average Bonchev–Trinajstić information content (AvgIpc) is 1.95. The summed E-state index contributed by atoms with van der Waals surface area (Å²) >= 11 is 0. The molecule has 3 heteroatoms. The third-order valence-corrected chi connectivity index (χ3v) is 1.47. The average molecular weight is 151 g/mol. The molecule has 0 spiro atoms. The summed E-state index contributed by atoms with van der Waals surface area (Å²) in [4.78, 5) is 8.30. The highest BCUT2D eigenvalue weighted by Gasteiger charge is 1.97. The molecule has 0 aromatic carbocycles. The van der Waals surface area contributed by atoms with Gasteiger partial charge in [0.25, 0.3) is 0 Å². The SMILES string of the molecule is CCNc1cnc(C)nc1C. The number of hydrogen-bond donors (Lipinski definition) is 1. The topological polar surface area (TPSA) is 37.8 Å². The van der Waals surface area contributed by atoms with E-state index in [9.17, 15) is 0 Å². The summed E-state index contributed by atoms with van der Waals surface area (Å²) < 4.78 is 0. The molecule has 1 heterocycles. The molecule has 1 N–H and O–H groups in total. The van der Waals surface area contributed by atoms with Crippen molar-refractivity contribution in [3.05, 3.63) is 17.7 Å². The maximum absolute atomic E-state index is 4.22. The predicted octanol–water partition coefficient (Wildman–Crippen LogP) is 1.53. The lowest BCUT2D eigenvalue weighted by molar-refractivity contribution is 1.00. The van der Waals surface area contributed by atoms with Gasteiger partial charge in [0.2, 0.25) is 0 Å². The molecule has 1 aromatic heterocycles. The zero-order chi connectivity index (χ0) is 8.27. The van der Waals surface area contributed by atoms with Crippen LogP contribution in [0.15, 0.2) is 6.20 Å². The quantitative estimate of drug-likeness (QED) is 0.696. The van der Waals surface area contributed by atoms with E-state index in [1.54, 1.807) is 0 Å². The van der Waals surface area contributed by atoms with Crippen molar-refractivity contribution in [2.75, 3.05) is 11.9 Å². The molecule has 0 bridgehead atoms. The minimum atomic E-state index is 0.823. The standard InChI is InChI=1S/C8H13N3/c1-4-9-8-5-10-7(3)11-6(8)2/h5,9H,4H2,1-3H3. The van der Waals surface area contributed by atoms with E-state index in [2.05, 4.69) is 22.2 Å². The van der Waals surface area contributed by atoms with Crippen molar-refractivity contribution in [1.29, 1.82) is 0 Å². The van der Waals surface area contributed by atoms with Gasteiger partial charge in [-0.15, -0.1) is 0 Å². The molecular weight excluding hydrogens is 138 g/mol. The van der Waals surface area contributed by atoms with Gasteiger partial charge in [-0.3, -0.25) is 0 Å². The zero-order valence-corrected chi connectivity index (χ0v) is 7.18. The lowest BCUT2D eigenvalue weighted by atomic mass is 10.3. The summed E-state index contributed by atoms with van der Waals surface area (Å²) in [6.45, 7) is 6.84. The van der Waals surface area contributed by atoms with Gasteiger partial charge in [-0.1, -0.05) is 0 Å². The summed E-state index contributed by atoms with van der Waals surface area (Å²) in [5, 5.41) is 3.18. The lowest BCUT2D eigenvalue weighted by Crippen LogP contribution is -2.02. The molecule has 0 radical (unpaired) electrons. The molecule has 1 rings (SSSR count). The summed E-state index contributed by atoms with van der Waals surface area (Å²) in [7, 11) is 0. The summed E-state index contributed by atoms with van der Waals surface area (Å²) in [5.74, 6) is 0.823. The molecule has 0 unspecified atom stereocenters. The molecule has 0 aliphatic heterocycles. The van der Waals surface area contributed by atoms with E-state index in [4.69, 9.17) is 0 Å². The van der Waals surface area contributed by atoms with E-state index in [1.165, 1.54) is 0 Å². The Morgan fingerprint density at radius 3 is 2.73 bits per heavy atom. The molecule has 0 saturated carbocycles. The highest BCUT2D eigenvalue weighted by molar-refractivity contribution is 5.44. The molecule has 60 valence electrons. The first kappa shape index (κ1) is 7.98. The highest BCUT2D eigenvalue weighted by Crippen LogP contribution is 2.08. The molecule has 0 amide bonds. The predicted molar refractivity (Wildman–Crippen MR) is 45.7 cm³/mol. The van der Waals surface area contributed by atoms with Gasteiger partial charge >= 0.3 is 0 Å². The second-order valence-electron chi connectivity index (χ2n) is 2.45. The maximum Gasteiger partial charge on any atom is 0.125 e. The van der Waals surface area contributed by atoms with Crippen molar-refractivity contribution in [2.45, 2.75) is 20.8 Å². The molecule has 0 aliphatic rings. The van der Waals surface area contributed by atoms with Crippen molar-refractivity contribution < 1.29 is 0 Å². The van der Waals surface area contributed by atoms with Crippen LogP contribution in [-0.4, -0.2) is 16.5 Å². The van der Waals surface area contributed by atoms with Gasteiger partial charge < -0.3 is 5.32 Å². The molecular formula is C8H13N3. The Morgan fingerprint density at radius 1 is 1.45 bits per heavy atom. The van der Waals surface area contributed by atoms with E-state index in [1.807, 2.05) is 20.0 Å². The van der Waals surface area contributed by atoms with Gasteiger partial charge in [-0.25, -0.2) is 9.97 Å². The molecule has 0 fully saturated rings. The molecule has 11 heavy (non-hydrogen) atoms. The first-order valence-corrected chi connectivity index (χ1v) is 3.78. The van der Waals surface area contributed by atoms with Crippen molar-refractivity contribution >= 4 is 5.69 Å². The monoisotopic (exact) mass is 151 g/mol. The number of nitrogens with one attached hydrogen (secondary N) is 1. The van der Waals surface area contributed by atoms with Crippen LogP contribution >= 0.6 is 0 Å². The van der Waals surface area contributed by atoms with E-state index in [0.29, 0.717) is 0 Å². The highest BCUT2D eigenvalue weighted by atomic mass is 15.0. The lowest BCUT2D eigenvalue weighted by Gasteiger charge is -2.05.